The lowest BCUT2D eigenvalue weighted by atomic mass is 10.3. The second kappa shape index (κ2) is 3.79. The number of aromatic nitrogens is 1. The van der Waals surface area contributed by atoms with Gasteiger partial charge < -0.3 is 0 Å². The van der Waals surface area contributed by atoms with Gasteiger partial charge in [0.15, 0.2) is 5.78 Å². The van der Waals surface area contributed by atoms with Crippen molar-refractivity contribution in [1.29, 1.82) is 0 Å². The molecule has 0 amide bonds. The number of Topliss-reactive ketones (excluding diaryl/α,β-unsaturated/α-hetero) is 1. The van der Waals surface area contributed by atoms with Crippen LogP contribution in [-0.4, -0.2) is 9.74 Å². The molecule has 0 radical (unpaired) electrons. The minimum Gasteiger partial charge on any atom is -0.298 e. The van der Waals surface area contributed by atoms with Gasteiger partial charge in [-0.3, -0.25) is 13.5 Å². The molecule has 0 bridgehead atoms. The molecule has 3 nitrogen and oxygen atoms in total. The molecular weight excluding hydrogens is 234 g/mol. The number of benzene rings is 1. The summed E-state index contributed by atoms with van der Waals surface area (Å²) in [5.41, 5.74) is -0.184. The highest BCUT2D eigenvalue weighted by molar-refractivity contribution is 7.14. The summed E-state index contributed by atoms with van der Waals surface area (Å²) in [5, 5.41) is 0.946. The van der Waals surface area contributed by atoms with Gasteiger partial charge >= 0.3 is 0 Å². The Hall–Kier alpha value is -1.13. The van der Waals surface area contributed by atoms with E-state index in [2.05, 4.69) is 0 Å². The monoisotopic (exact) mass is 241 g/mol. The number of ketones is 1. The van der Waals surface area contributed by atoms with Crippen LogP contribution in [0.1, 0.15) is 6.92 Å². The highest BCUT2D eigenvalue weighted by atomic mass is 35.5. The fraction of sp³-hybridized carbons (Fsp3) is 0.200. The lowest BCUT2D eigenvalue weighted by Crippen LogP contribution is -2.17. The van der Waals surface area contributed by atoms with Crippen molar-refractivity contribution in [2.75, 3.05) is 0 Å². The fourth-order valence-corrected chi connectivity index (χ4v) is 2.78. The van der Waals surface area contributed by atoms with Gasteiger partial charge in [-0.2, -0.15) is 0 Å². The van der Waals surface area contributed by atoms with Crippen molar-refractivity contribution in [3.63, 3.8) is 0 Å². The SMILES string of the molecule is CC(=O)Cn1sc2cccc(Cl)c2c1=O. The second-order valence-corrected chi connectivity index (χ2v) is 4.72. The highest BCUT2D eigenvalue weighted by Crippen LogP contribution is 2.23. The summed E-state index contributed by atoms with van der Waals surface area (Å²) in [6.07, 6.45) is 0. The summed E-state index contributed by atoms with van der Waals surface area (Å²) in [6, 6.07) is 5.29. The largest absolute Gasteiger partial charge is 0.298 e. The molecule has 0 saturated heterocycles. The fourth-order valence-electron chi connectivity index (χ4n) is 1.38. The summed E-state index contributed by atoms with van der Waals surface area (Å²) in [4.78, 5) is 22.8. The number of nitrogens with zero attached hydrogens (tertiary/aromatic N) is 1. The first-order valence-corrected chi connectivity index (χ1v) is 5.52. The third-order valence-corrected chi connectivity index (χ3v) is 3.36. The van der Waals surface area contributed by atoms with Gasteiger partial charge in [0.25, 0.3) is 5.56 Å². The molecule has 0 saturated carbocycles. The van der Waals surface area contributed by atoms with Crippen molar-refractivity contribution in [3.05, 3.63) is 33.6 Å². The van der Waals surface area contributed by atoms with Crippen LogP contribution in [0.2, 0.25) is 5.02 Å². The Balaban J connectivity index is 2.70. The Morgan fingerprint density at radius 3 is 2.87 bits per heavy atom. The molecule has 0 aliphatic rings. The maximum absolute atomic E-state index is 11.8. The minimum absolute atomic E-state index is 0.0419. The molecule has 0 fully saturated rings. The Kier molecular flexibility index (Phi) is 2.63. The van der Waals surface area contributed by atoms with Gasteiger partial charge in [-0.1, -0.05) is 29.2 Å². The molecular formula is C10H8ClNO2S. The normalized spacial score (nSPS) is 10.8. The summed E-state index contributed by atoms with van der Waals surface area (Å²) < 4.78 is 2.24. The number of carbonyl (C=O) groups excluding carboxylic acids is 1. The van der Waals surface area contributed by atoms with Crippen molar-refractivity contribution >= 4 is 39.0 Å². The van der Waals surface area contributed by atoms with Crippen molar-refractivity contribution in [2.24, 2.45) is 0 Å². The first-order chi connectivity index (χ1) is 7.09. The number of halogens is 1. The van der Waals surface area contributed by atoms with Crippen LogP contribution in [0.4, 0.5) is 0 Å². The molecule has 15 heavy (non-hydrogen) atoms. The van der Waals surface area contributed by atoms with E-state index >= 15 is 0 Å². The number of fused-ring (bicyclic) bond motifs is 1. The molecule has 0 atom stereocenters. The Morgan fingerprint density at radius 1 is 1.53 bits per heavy atom. The number of carbonyl (C=O) groups is 1. The van der Waals surface area contributed by atoms with Crippen LogP contribution in [0.15, 0.2) is 23.0 Å². The van der Waals surface area contributed by atoms with Crippen molar-refractivity contribution in [2.45, 2.75) is 13.5 Å². The van der Waals surface area contributed by atoms with Crippen LogP contribution >= 0.6 is 23.1 Å². The van der Waals surface area contributed by atoms with E-state index < -0.39 is 0 Å². The maximum atomic E-state index is 11.8. The molecule has 0 spiro atoms. The molecule has 1 aromatic heterocycles. The lowest BCUT2D eigenvalue weighted by molar-refractivity contribution is -0.117. The zero-order valence-electron chi connectivity index (χ0n) is 7.99. The molecule has 0 unspecified atom stereocenters. The molecule has 2 rings (SSSR count). The average molecular weight is 242 g/mol. The van der Waals surface area contributed by atoms with Gasteiger partial charge in [-0.05, 0) is 19.1 Å². The van der Waals surface area contributed by atoms with Crippen LogP contribution in [0.5, 0.6) is 0 Å². The van der Waals surface area contributed by atoms with E-state index in [0.717, 1.165) is 4.70 Å². The van der Waals surface area contributed by atoms with Crippen LogP contribution < -0.4 is 5.56 Å². The molecule has 0 N–H and O–H groups in total. The average Bonchev–Trinajstić information content (AvgIpc) is 2.44. The van der Waals surface area contributed by atoms with E-state index in [4.69, 9.17) is 11.6 Å². The third kappa shape index (κ3) is 1.82. The summed E-state index contributed by atoms with van der Waals surface area (Å²) >= 11 is 7.19. The Labute approximate surface area is 95.0 Å². The van der Waals surface area contributed by atoms with Gasteiger partial charge in [-0.15, -0.1) is 0 Å². The molecule has 2 aromatic rings. The lowest BCUT2D eigenvalue weighted by Gasteiger charge is -1.92. The molecule has 78 valence electrons. The summed E-state index contributed by atoms with van der Waals surface area (Å²) in [7, 11) is 0. The van der Waals surface area contributed by atoms with Crippen molar-refractivity contribution in [3.8, 4) is 0 Å². The highest BCUT2D eigenvalue weighted by Gasteiger charge is 2.11. The van der Waals surface area contributed by atoms with Crippen LogP contribution in [0.25, 0.3) is 10.1 Å². The van der Waals surface area contributed by atoms with Gasteiger partial charge in [0, 0.05) is 0 Å². The Morgan fingerprint density at radius 2 is 2.27 bits per heavy atom. The molecule has 1 aromatic carbocycles. The molecule has 0 aliphatic carbocycles. The quantitative estimate of drug-likeness (QED) is 0.809. The summed E-state index contributed by atoms with van der Waals surface area (Å²) in [5.74, 6) is -0.0419. The number of rotatable bonds is 2. The zero-order chi connectivity index (χ0) is 11.0. The predicted molar refractivity (Wildman–Crippen MR) is 61.8 cm³/mol. The topological polar surface area (TPSA) is 39.1 Å². The van der Waals surface area contributed by atoms with E-state index in [-0.39, 0.29) is 17.9 Å². The Bertz CT molecular complexity index is 585. The zero-order valence-corrected chi connectivity index (χ0v) is 9.56. The van der Waals surface area contributed by atoms with Gasteiger partial charge in [0.05, 0.1) is 21.7 Å². The van der Waals surface area contributed by atoms with Crippen LogP contribution in [0, 0.1) is 0 Å². The van der Waals surface area contributed by atoms with Gasteiger partial charge in [0.1, 0.15) is 0 Å². The second-order valence-electron chi connectivity index (χ2n) is 3.25. The van der Waals surface area contributed by atoms with Gasteiger partial charge in [0.2, 0.25) is 0 Å². The molecule has 1 heterocycles. The smallest absolute Gasteiger partial charge is 0.270 e. The van der Waals surface area contributed by atoms with E-state index in [0.29, 0.717) is 10.4 Å². The van der Waals surface area contributed by atoms with E-state index in [1.165, 1.54) is 22.4 Å². The maximum Gasteiger partial charge on any atom is 0.270 e. The third-order valence-electron chi connectivity index (χ3n) is 1.99. The molecule has 5 heteroatoms. The van der Waals surface area contributed by atoms with Crippen molar-refractivity contribution in [1.82, 2.24) is 3.96 Å². The van der Waals surface area contributed by atoms with Crippen LogP contribution in [-0.2, 0) is 11.3 Å². The van der Waals surface area contributed by atoms with Gasteiger partial charge in [-0.25, -0.2) is 0 Å². The number of hydrogen-bond donors (Lipinski definition) is 0. The first kappa shape index (κ1) is 10.4. The number of hydrogen-bond acceptors (Lipinski definition) is 3. The van der Waals surface area contributed by atoms with Crippen molar-refractivity contribution < 1.29 is 4.79 Å². The minimum atomic E-state index is -0.184. The standard InChI is InChI=1S/C10H8ClNO2S/c1-6(13)5-12-10(14)9-7(11)3-2-4-8(9)15-12/h2-4H,5H2,1H3. The van der Waals surface area contributed by atoms with E-state index in [9.17, 15) is 9.59 Å². The summed E-state index contributed by atoms with van der Waals surface area (Å²) in [6.45, 7) is 1.58. The first-order valence-electron chi connectivity index (χ1n) is 4.37. The molecule has 0 aliphatic heterocycles. The predicted octanol–water partition coefficient (Wildman–Crippen LogP) is 2.31. The van der Waals surface area contributed by atoms with E-state index in [1.54, 1.807) is 12.1 Å². The van der Waals surface area contributed by atoms with E-state index in [1.807, 2.05) is 6.07 Å². The van der Waals surface area contributed by atoms with Crippen LogP contribution in [0.3, 0.4) is 0 Å².